The molecular weight excluding hydrogens is 450 g/mol. The van der Waals surface area contributed by atoms with E-state index < -0.39 is 11.5 Å². The Morgan fingerprint density at radius 2 is 1.91 bits per heavy atom. The largest absolute Gasteiger partial charge is 0.480 e. The summed E-state index contributed by atoms with van der Waals surface area (Å²) in [6, 6.07) is 10.9. The molecule has 2 fully saturated rings. The third-order valence-electron chi connectivity index (χ3n) is 6.55. The zero-order valence-corrected chi connectivity index (χ0v) is 20.5. The molecule has 1 aromatic carbocycles. The van der Waals surface area contributed by atoms with E-state index in [1.54, 1.807) is 48.2 Å². The van der Waals surface area contributed by atoms with Crippen LogP contribution in [0.4, 0.5) is 0 Å². The van der Waals surface area contributed by atoms with Gasteiger partial charge in [0, 0.05) is 12.1 Å². The van der Waals surface area contributed by atoms with E-state index in [2.05, 4.69) is 22.5 Å². The molecule has 1 saturated carbocycles. The summed E-state index contributed by atoms with van der Waals surface area (Å²) < 4.78 is 5.97. The molecule has 0 radical (unpaired) electrons. The molecule has 7 nitrogen and oxygen atoms in total. The van der Waals surface area contributed by atoms with Crippen molar-refractivity contribution >= 4 is 23.6 Å². The summed E-state index contributed by atoms with van der Waals surface area (Å²) in [6.07, 6.45) is 8.00. The molecule has 2 aromatic rings. The first-order valence-electron chi connectivity index (χ1n) is 12.2. The van der Waals surface area contributed by atoms with Crippen molar-refractivity contribution in [3.8, 4) is 11.6 Å². The van der Waals surface area contributed by atoms with Crippen LogP contribution < -0.4 is 15.4 Å². The summed E-state index contributed by atoms with van der Waals surface area (Å²) >= 11 is 1.56. The molecule has 2 aliphatic rings. The number of carbonyl (C=O) groups is 2. The molecule has 1 aromatic heterocycles. The number of amides is 1. The van der Waals surface area contributed by atoms with Gasteiger partial charge in [0.1, 0.15) is 16.3 Å². The van der Waals surface area contributed by atoms with E-state index in [4.69, 9.17) is 4.74 Å². The number of aromatic nitrogens is 1. The Morgan fingerprint density at radius 1 is 1.15 bits per heavy atom. The maximum absolute atomic E-state index is 13.0. The summed E-state index contributed by atoms with van der Waals surface area (Å²) in [5, 5.41) is 16.7. The number of carbonyl (C=O) groups excluding carboxylic acids is 1. The van der Waals surface area contributed by atoms with Crippen LogP contribution in [0.3, 0.4) is 0 Å². The van der Waals surface area contributed by atoms with Gasteiger partial charge in [0.25, 0.3) is 5.91 Å². The lowest BCUT2D eigenvalue weighted by Crippen LogP contribution is -2.44. The summed E-state index contributed by atoms with van der Waals surface area (Å²) in [5.74, 6) is 0.907. The van der Waals surface area contributed by atoms with Gasteiger partial charge in [0.05, 0.1) is 5.56 Å². The van der Waals surface area contributed by atoms with Gasteiger partial charge in [-0.3, -0.25) is 10.1 Å². The molecule has 0 bridgehead atoms. The Kier molecular flexibility index (Phi) is 8.11. The van der Waals surface area contributed by atoms with Crippen molar-refractivity contribution in [2.45, 2.75) is 74.9 Å². The smallest absolute Gasteiger partial charge is 0.328 e. The number of carboxylic acid groups (broad SMARTS) is 1. The van der Waals surface area contributed by atoms with Crippen molar-refractivity contribution in [3.63, 3.8) is 0 Å². The van der Waals surface area contributed by atoms with Crippen LogP contribution in [0.5, 0.6) is 11.6 Å². The fourth-order valence-corrected chi connectivity index (χ4v) is 5.56. The monoisotopic (exact) mass is 483 g/mol. The van der Waals surface area contributed by atoms with E-state index in [1.807, 2.05) is 0 Å². The van der Waals surface area contributed by atoms with E-state index >= 15 is 0 Å². The number of thioether (sulfide) groups is 1. The Labute approximate surface area is 205 Å². The first-order chi connectivity index (χ1) is 16.5. The maximum Gasteiger partial charge on any atom is 0.328 e. The Bertz CT molecular complexity index is 1000. The van der Waals surface area contributed by atoms with Crippen LogP contribution in [0, 0.1) is 0 Å². The number of hydrogen-bond acceptors (Lipinski definition) is 6. The molecule has 1 aliphatic heterocycles. The van der Waals surface area contributed by atoms with Crippen LogP contribution in [0.15, 0.2) is 41.4 Å². The van der Waals surface area contributed by atoms with Crippen LogP contribution in [0.25, 0.3) is 0 Å². The van der Waals surface area contributed by atoms with Crippen LogP contribution in [-0.4, -0.2) is 40.3 Å². The van der Waals surface area contributed by atoms with Crippen LogP contribution in [-0.2, 0) is 10.3 Å². The number of rotatable bonds is 9. The molecule has 4 rings (SSSR count). The number of hydrogen-bond donors (Lipinski definition) is 3. The number of aliphatic carboxylic acids is 1. The van der Waals surface area contributed by atoms with Crippen molar-refractivity contribution in [3.05, 3.63) is 47.5 Å². The number of nitrogens with zero attached hydrogens (tertiary/aromatic N) is 1. The first-order valence-corrected chi connectivity index (χ1v) is 13.2. The molecule has 8 heteroatoms. The molecule has 1 amide bonds. The molecule has 182 valence electrons. The van der Waals surface area contributed by atoms with Crippen molar-refractivity contribution in [2.24, 2.45) is 0 Å². The number of nitrogens with one attached hydrogen (secondary N) is 2. The van der Waals surface area contributed by atoms with E-state index in [-0.39, 0.29) is 11.9 Å². The second kappa shape index (κ2) is 11.2. The zero-order chi connectivity index (χ0) is 24.0. The fraction of sp³-hybridized carbons (Fsp3) is 0.500. The molecule has 1 atom stereocenters. The highest BCUT2D eigenvalue weighted by Gasteiger charge is 2.42. The van der Waals surface area contributed by atoms with Gasteiger partial charge in [-0.15, -0.1) is 11.8 Å². The number of benzene rings is 1. The lowest BCUT2D eigenvalue weighted by molar-refractivity contribution is -0.144. The fourth-order valence-electron chi connectivity index (χ4n) is 4.70. The lowest BCUT2D eigenvalue weighted by Gasteiger charge is -2.25. The molecule has 0 spiro atoms. The number of pyridine rings is 1. The lowest BCUT2D eigenvalue weighted by atomic mass is 9.88. The van der Waals surface area contributed by atoms with E-state index in [9.17, 15) is 14.7 Å². The van der Waals surface area contributed by atoms with Crippen molar-refractivity contribution in [1.82, 2.24) is 15.6 Å². The Balaban J connectivity index is 1.49. The molecule has 1 saturated heterocycles. The van der Waals surface area contributed by atoms with E-state index in [0.717, 1.165) is 44.3 Å². The Hall–Kier alpha value is -2.58. The van der Waals surface area contributed by atoms with Crippen molar-refractivity contribution in [2.75, 3.05) is 12.3 Å². The van der Waals surface area contributed by atoms with Gasteiger partial charge < -0.3 is 15.2 Å². The van der Waals surface area contributed by atoms with Crippen molar-refractivity contribution < 1.29 is 19.4 Å². The highest BCUT2D eigenvalue weighted by molar-refractivity contribution is 7.99. The molecule has 34 heavy (non-hydrogen) atoms. The van der Waals surface area contributed by atoms with Crippen LogP contribution in [0.2, 0.25) is 0 Å². The van der Waals surface area contributed by atoms with Crippen LogP contribution >= 0.6 is 11.8 Å². The van der Waals surface area contributed by atoms with Gasteiger partial charge in [-0.1, -0.05) is 38.3 Å². The summed E-state index contributed by atoms with van der Waals surface area (Å²) in [6.45, 7) is 2.78. The van der Waals surface area contributed by atoms with Crippen LogP contribution in [0.1, 0.15) is 74.2 Å². The molecule has 2 heterocycles. The predicted molar refractivity (Wildman–Crippen MR) is 133 cm³/mol. The average Bonchev–Trinajstić information content (AvgIpc) is 3.35. The number of ether oxygens (including phenoxy) is 1. The summed E-state index contributed by atoms with van der Waals surface area (Å²) in [7, 11) is 0. The summed E-state index contributed by atoms with van der Waals surface area (Å²) in [5.41, 5.74) is 0.267. The van der Waals surface area contributed by atoms with Gasteiger partial charge in [0.2, 0.25) is 5.88 Å². The average molecular weight is 484 g/mol. The third kappa shape index (κ3) is 5.55. The van der Waals surface area contributed by atoms with Crippen molar-refractivity contribution in [1.29, 1.82) is 0 Å². The molecule has 0 unspecified atom stereocenters. The van der Waals surface area contributed by atoms with Gasteiger partial charge in [0.15, 0.2) is 0 Å². The van der Waals surface area contributed by atoms with E-state index in [1.165, 1.54) is 6.42 Å². The highest BCUT2D eigenvalue weighted by Crippen LogP contribution is 2.33. The minimum absolute atomic E-state index is 0.0723. The van der Waals surface area contributed by atoms with Gasteiger partial charge in [-0.05, 0) is 68.2 Å². The normalized spacial score (nSPS) is 20.7. The topological polar surface area (TPSA) is 101 Å². The second-order valence-corrected chi connectivity index (χ2v) is 10.1. The number of carboxylic acids is 1. The molecule has 3 N–H and O–H groups in total. The SMILES string of the molecule is CCCSc1nc(Oc2ccc([C@@]3(C(=O)O)CCCN3)cc2)ccc1C(=O)NC1CCCCC1. The van der Waals surface area contributed by atoms with Gasteiger partial charge >= 0.3 is 5.97 Å². The predicted octanol–water partition coefficient (Wildman–Crippen LogP) is 5.10. The minimum Gasteiger partial charge on any atom is -0.480 e. The molecule has 1 aliphatic carbocycles. The van der Waals surface area contributed by atoms with Gasteiger partial charge in [-0.2, -0.15) is 0 Å². The standard InChI is InChI=1S/C26H33N3O4S/c1-2-17-34-24-21(23(30)28-19-7-4-3-5-8-19)13-14-22(29-24)33-20-11-9-18(10-12-20)26(25(31)32)15-6-16-27-26/h9-14,19,27H,2-8,15-17H2,1H3,(H,28,30)(H,31,32)/t26-/m1/s1. The van der Waals surface area contributed by atoms with E-state index in [0.29, 0.717) is 40.7 Å². The third-order valence-corrected chi connectivity index (χ3v) is 7.75. The maximum atomic E-state index is 13.0. The Morgan fingerprint density at radius 3 is 2.56 bits per heavy atom. The first kappa shape index (κ1) is 24.5. The quantitative estimate of drug-likeness (QED) is 0.427. The highest BCUT2D eigenvalue weighted by atomic mass is 32.2. The zero-order valence-electron chi connectivity index (χ0n) is 19.6. The second-order valence-electron chi connectivity index (χ2n) is 9.03. The van der Waals surface area contributed by atoms with Gasteiger partial charge in [-0.25, -0.2) is 9.78 Å². The molecular formula is C26H33N3O4S. The minimum atomic E-state index is -1.03. The summed E-state index contributed by atoms with van der Waals surface area (Å²) in [4.78, 5) is 29.5.